The predicted octanol–water partition coefficient (Wildman–Crippen LogP) is 4.73. The highest BCUT2D eigenvalue weighted by Gasteiger charge is 2.23. The molecule has 0 saturated carbocycles. The van der Waals surface area contributed by atoms with Crippen molar-refractivity contribution < 1.29 is 9.18 Å². The lowest BCUT2D eigenvalue weighted by molar-refractivity contribution is -0.130. The van der Waals surface area contributed by atoms with Crippen molar-refractivity contribution in [1.29, 1.82) is 0 Å². The second kappa shape index (κ2) is 8.04. The standard InChI is InChI=1S/C19H19ClFNOS/c20-16-7-3-2-6-15(16)18-9-10-22(11-12-24-18)19(23)13-14-5-1-4-8-17(14)21/h1-8,18H,9-13H2/t18-/m1/s1. The Morgan fingerprint density at radius 3 is 2.71 bits per heavy atom. The zero-order valence-electron chi connectivity index (χ0n) is 13.3. The van der Waals surface area contributed by atoms with Gasteiger partial charge in [-0.15, -0.1) is 0 Å². The molecule has 0 N–H and O–H groups in total. The van der Waals surface area contributed by atoms with Crippen molar-refractivity contribution in [1.82, 2.24) is 4.90 Å². The molecule has 2 nitrogen and oxygen atoms in total. The third kappa shape index (κ3) is 4.11. The van der Waals surface area contributed by atoms with Gasteiger partial charge in [-0.25, -0.2) is 4.39 Å². The van der Waals surface area contributed by atoms with E-state index in [4.69, 9.17) is 11.6 Å². The Bertz CT molecular complexity index is 724. The largest absolute Gasteiger partial charge is 0.342 e. The van der Waals surface area contributed by atoms with Crippen LogP contribution in [0.2, 0.25) is 5.02 Å². The Kier molecular flexibility index (Phi) is 5.80. The van der Waals surface area contributed by atoms with Gasteiger partial charge in [-0.2, -0.15) is 11.8 Å². The smallest absolute Gasteiger partial charge is 0.227 e. The van der Waals surface area contributed by atoms with E-state index in [0.717, 1.165) is 22.8 Å². The van der Waals surface area contributed by atoms with Gasteiger partial charge in [0.05, 0.1) is 6.42 Å². The van der Waals surface area contributed by atoms with Crippen LogP contribution >= 0.6 is 23.4 Å². The molecule has 1 aliphatic heterocycles. The van der Waals surface area contributed by atoms with E-state index in [2.05, 4.69) is 6.07 Å². The van der Waals surface area contributed by atoms with Gasteiger partial charge in [-0.1, -0.05) is 48.0 Å². The summed E-state index contributed by atoms with van der Waals surface area (Å²) in [6, 6.07) is 14.4. The molecule has 1 saturated heterocycles. The molecule has 0 radical (unpaired) electrons. The van der Waals surface area contributed by atoms with Crippen LogP contribution in [0.3, 0.4) is 0 Å². The first-order valence-electron chi connectivity index (χ1n) is 8.02. The lowest BCUT2D eigenvalue weighted by Gasteiger charge is -2.20. The fraction of sp³-hybridized carbons (Fsp3) is 0.316. The fourth-order valence-electron chi connectivity index (χ4n) is 2.92. The van der Waals surface area contributed by atoms with Crippen molar-refractivity contribution >= 4 is 29.3 Å². The van der Waals surface area contributed by atoms with Crippen molar-refractivity contribution in [3.8, 4) is 0 Å². The van der Waals surface area contributed by atoms with E-state index < -0.39 is 0 Å². The molecule has 1 amide bonds. The monoisotopic (exact) mass is 363 g/mol. The number of benzene rings is 2. The summed E-state index contributed by atoms with van der Waals surface area (Å²) in [4.78, 5) is 14.4. The molecule has 0 bridgehead atoms. The first-order chi connectivity index (χ1) is 11.6. The van der Waals surface area contributed by atoms with Gasteiger partial charge in [-0.05, 0) is 29.7 Å². The molecule has 1 heterocycles. The van der Waals surface area contributed by atoms with Crippen molar-refractivity contribution in [3.63, 3.8) is 0 Å². The third-order valence-corrected chi connectivity index (χ3v) is 5.90. The topological polar surface area (TPSA) is 20.3 Å². The average molecular weight is 364 g/mol. The van der Waals surface area contributed by atoms with Crippen LogP contribution < -0.4 is 0 Å². The summed E-state index contributed by atoms with van der Waals surface area (Å²) < 4.78 is 13.7. The normalized spacial score (nSPS) is 18.2. The van der Waals surface area contributed by atoms with Crippen molar-refractivity contribution in [3.05, 3.63) is 70.5 Å². The minimum Gasteiger partial charge on any atom is -0.342 e. The number of hydrogen-bond donors (Lipinski definition) is 0. The molecule has 2 aromatic carbocycles. The zero-order chi connectivity index (χ0) is 16.9. The molecule has 0 spiro atoms. The summed E-state index contributed by atoms with van der Waals surface area (Å²) in [7, 11) is 0. The van der Waals surface area contributed by atoms with Crippen LogP contribution in [-0.4, -0.2) is 29.6 Å². The summed E-state index contributed by atoms with van der Waals surface area (Å²) in [5.41, 5.74) is 1.59. The number of rotatable bonds is 3. The number of amides is 1. The van der Waals surface area contributed by atoms with Gasteiger partial charge < -0.3 is 4.90 Å². The highest BCUT2D eigenvalue weighted by atomic mass is 35.5. The quantitative estimate of drug-likeness (QED) is 0.785. The number of halogens is 2. The predicted molar refractivity (Wildman–Crippen MR) is 98.0 cm³/mol. The molecule has 1 atom stereocenters. The number of nitrogens with zero attached hydrogens (tertiary/aromatic N) is 1. The Hall–Kier alpha value is -1.52. The van der Waals surface area contributed by atoms with Gasteiger partial charge in [0.25, 0.3) is 0 Å². The Morgan fingerprint density at radius 1 is 1.17 bits per heavy atom. The second-order valence-corrected chi connectivity index (χ2v) is 7.54. The molecular formula is C19H19ClFNOS. The lowest BCUT2D eigenvalue weighted by Crippen LogP contribution is -2.34. The maximum atomic E-state index is 13.7. The van der Waals surface area contributed by atoms with Gasteiger partial charge in [0, 0.05) is 29.1 Å². The minimum absolute atomic E-state index is 0.0134. The number of thioether (sulfide) groups is 1. The molecule has 0 unspecified atom stereocenters. The number of carbonyl (C=O) groups is 1. The SMILES string of the molecule is O=C(Cc1ccccc1F)N1CCS[C@@H](c2ccccc2Cl)CC1. The molecular weight excluding hydrogens is 345 g/mol. The van der Waals surface area contributed by atoms with E-state index >= 15 is 0 Å². The van der Waals surface area contributed by atoms with Gasteiger partial charge >= 0.3 is 0 Å². The molecule has 5 heteroatoms. The van der Waals surface area contributed by atoms with E-state index in [-0.39, 0.29) is 18.1 Å². The molecule has 1 aliphatic rings. The maximum absolute atomic E-state index is 13.7. The van der Waals surface area contributed by atoms with E-state index in [9.17, 15) is 9.18 Å². The first kappa shape index (κ1) is 17.3. The highest BCUT2D eigenvalue weighted by Crippen LogP contribution is 2.37. The third-order valence-electron chi connectivity index (χ3n) is 4.25. The first-order valence-corrected chi connectivity index (χ1v) is 9.45. The summed E-state index contributed by atoms with van der Waals surface area (Å²) in [6.45, 7) is 1.37. The average Bonchev–Trinajstić information content (AvgIpc) is 2.83. The zero-order valence-corrected chi connectivity index (χ0v) is 14.8. The van der Waals surface area contributed by atoms with Gasteiger partial charge in [0.15, 0.2) is 0 Å². The van der Waals surface area contributed by atoms with E-state index in [1.807, 2.05) is 34.9 Å². The van der Waals surface area contributed by atoms with Crippen LogP contribution in [0.5, 0.6) is 0 Å². The minimum atomic E-state index is -0.316. The number of hydrogen-bond acceptors (Lipinski definition) is 2. The van der Waals surface area contributed by atoms with Crippen molar-refractivity contribution in [2.24, 2.45) is 0 Å². The Balaban J connectivity index is 1.64. The van der Waals surface area contributed by atoms with Gasteiger partial charge in [-0.3, -0.25) is 4.79 Å². The maximum Gasteiger partial charge on any atom is 0.227 e. The van der Waals surface area contributed by atoms with Gasteiger partial charge in [0.1, 0.15) is 5.82 Å². The van der Waals surface area contributed by atoms with Crippen LogP contribution in [0.1, 0.15) is 22.8 Å². The van der Waals surface area contributed by atoms with Crippen LogP contribution in [0.4, 0.5) is 4.39 Å². The molecule has 126 valence electrons. The van der Waals surface area contributed by atoms with E-state index in [1.165, 1.54) is 6.07 Å². The number of carbonyl (C=O) groups excluding carboxylic acids is 1. The summed E-state index contributed by atoms with van der Waals surface area (Å²) in [5, 5.41) is 1.08. The van der Waals surface area contributed by atoms with Crippen molar-refractivity contribution in [2.75, 3.05) is 18.8 Å². The summed E-state index contributed by atoms with van der Waals surface area (Å²) in [5.74, 6) is 0.531. The lowest BCUT2D eigenvalue weighted by atomic mass is 10.1. The van der Waals surface area contributed by atoms with E-state index in [1.54, 1.807) is 18.2 Å². The molecule has 0 aromatic heterocycles. The van der Waals surface area contributed by atoms with Crippen LogP contribution in [0.15, 0.2) is 48.5 Å². The van der Waals surface area contributed by atoms with Crippen LogP contribution in [-0.2, 0) is 11.2 Å². The van der Waals surface area contributed by atoms with Gasteiger partial charge in [0.2, 0.25) is 5.91 Å². The molecule has 2 aromatic rings. The summed E-state index contributed by atoms with van der Waals surface area (Å²) in [6.07, 6.45) is 0.978. The molecule has 1 fully saturated rings. The van der Waals surface area contributed by atoms with Crippen molar-refractivity contribution in [2.45, 2.75) is 18.1 Å². The second-order valence-electron chi connectivity index (χ2n) is 5.82. The Labute approximate surface area is 151 Å². The van der Waals surface area contributed by atoms with Crippen LogP contribution in [0.25, 0.3) is 0 Å². The molecule has 24 heavy (non-hydrogen) atoms. The highest BCUT2D eigenvalue weighted by molar-refractivity contribution is 7.99. The molecule has 3 rings (SSSR count). The summed E-state index contributed by atoms with van der Waals surface area (Å²) >= 11 is 8.13. The van der Waals surface area contributed by atoms with E-state index in [0.29, 0.717) is 23.9 Å². The molecule has 0 aliphatic carbocycles. The van der Waals surface area contributed by atoms with Crippen LogP contribution in [0, 0.1) is 5.82 Å². The Morgan fingerprint density at radius 2 is 1.92 bits per heavy atom. The fourth-order valence-corrected chi connectivity index (χ4v) is 4.52.